The summed E-state index contributed by atoms with van der Waals surface area (Å²) in [6.07, 6.45) is 6.37. The molecule has 0 bridgehead atoms. The molecule has 1 fully saturated rings. The van der Waals surface area contributed by atoms with Crippen LogP contribution in [0.15, 0.2) is 24.5 Å². The molecule has 0 radical (unpaired) electrons. The first-order valence-electron chi connectivity index (χ1n) is 8.02. The van der Waals surface area contributed by atoms with E-state index in [4.69, 9.17) is 0 Å². The molecular weight excluding hydrogens is 314 g/mol. The lowest BCUT2D eigenvalue weighted by Gasteiger charge is -2.37. The first kappa shape index (κ1) is 18.3. The van der Waals surface area contributed by atoms with Crippen LogP contribution in [0.5, 0.6) is 0 Å². The van der Waals surface area contributed by atoms with Crippen LogP contribution in [0.3, 0.4) is 0 Å². The van der Waals surface area contributed by atoms with Gasteiger partial charge >= 0.3 is 0 Å². The molecule has 6 nitrogen and oxygen atoms in total. The summed E-state index contributed by atoms with van der Waals surface area (Å²) in [5.41, 5.74) is 0.0486. The fourth-order valence-electron chi connectivity index (χ4n) is 3.10. The molecule has 130 valence electrons. The van der Waals surface area contributed by atoms with Crippen LogP contribution in [0, 0.1) is 0 Å². The van der Waals surface area contributed by atoms with Gasteiger partial charge in [0.15, 0.2) is 0 Å². The van der Waals surface area contributed by atoms with Crippen molar-refractivity contribution in [3.63, 3.8) is 0 Å². The van der Waals surface area contributed by atoms with Crippen molar-refractivity contribution in [2.75, 3.05) is 19.8 Å². The number of hydrogen-bond donors (Lipinski definition) is 2. The Morgan fingerprint density at radius 2 is 2.09 bits per heavy atom. The van der Waals surface area contributed by atoms with E-state index in [1.54, 1.807) is 26.5 Å². The smallest absolute Gasteiger partial charge is 0.215 e. The van der Waals surface area contributed by atoms with E-state index in [-0.39, 0.29) is 17.8 Å². The van der Waals surface area contributed by atoms with Crippen molar-refractivity contribution in [2.24, 2.45) is 0 Å². The average molecular weight is 341 g/mol. The molecular formula is C16H27N3O3S. The van der Waals surface area contributed by atoms with Crippen LogP contribution >= 0.6 is 0 Å². The van der Waals surface area contributed by atoms with Gasteiger partial charge in [0.05, 0.1) is 11.4 Å². The number of aliphatic hydroxyl groups is 1. The van der Waals surface area contributed by atoms with E-state index >= 15 is 0 Å². The number of rotatable bonds is 6. The van der Waals surface area contributed by atoms with Gasteiger partial charge in [-0.2, -0.15) is 0 Å². The van der Waals surface area contributed by atoms with Crippen molar-refractivity contribution in [1.29, 1.82) is 0 Å². The van der Waals surface area contributed by atoms with Gasteiger partial charge in [-0.05, 0) is 38.7 Å². The number of pyridine rings is 1. The Labute approximate surface area is 139 Å². The minimum atomic E-state index is -3.20. The minimum absolute atomic E-state index is 0.0867. The van der Waals surface area contributed by atoms with Crippen molar-refractivity contribution in [3.05, 3.63) is 30.1 Å². The average Bonchev–Trinajstić information content (AvgIpc) is 2.50. The summed E-state index contributed by atoms with van der Waals surface area (Å²) in [4.78, 5) is 4.08. The SMILES string of the molecule is CC(CS(=O)(=O)N(C)C)NC1CCC(O)(c2cccnc2)CC1. The normalized spacial score (nSPS) is 27.1. The van der Waals surface area contributed by atoms with Gasteiger partial charge in [-0.15, -0.1) is 0 Å². The van der Waals surface area contributed by atoms with E-state index in [2.05, 4.69) is 10.3 Å². The summed E-state index contributed by atoms with van der Waals surface area (Å²) in [5.74, 6) is 0.0867. The largest absolute Gasteiger partial charge is 0.385 e. The number of nitrogens with one attached hydrogen (secondary N) is 1. The first-order chi connectivity index (χ1) is 10.7. The van der Waals surface area contributed by atoms with Gasteiger partial charge in [-0.1, -0.05) is 6.07 Å². The second-order valence-electron chi connectivity index (χ2n) is 6.68. The van der Waals surface area contributed by atoms with E-state index in [0.717, 1.165) is 18.4 Å². The highest BCUT2D eigenvalue weighted by Crippen LogP contribution is 2.36. The van der Waals surface area contributed by atoms with E-state index in [0.29, 0.717) is 12.8 Å². The molecule has 2 rings (SSSR count). The minimum Gasteiger partial charge on any atom is -0.385 e. The lowest BCUT2D eigenvalue weighted by Crippen LogP contribution is -2.46. The zero-order valence-corrected chi connectivity index (χ0v) is 14.9. The third kappa shape index (κ3) is 4.73. The van der Waals surface area contributed by atoms with Gasteiger partial charge in [-0.3, -0.25) is 4.98 Å². The topological polar surface area (TPSA) is 82.5 Å². The molecule has 0 amide bonds. The lowest BCUT2D eigenvalue weighted by atomic mass is 9.78. The van der Waals surface area contributed by atoms with Crippen LogP contribution in [0.4, 0.5) is 0 Å². The molecule has 1 aromatic heterocycles. The van der Waals surface area contributed by atoms with Crippen LogP contribution in [0.1, 0.15) is 38.2 Å². The highest BCUT2D eigenvalue weighted by atomic mass is 32.2. The number of sulfonamides is 1. The summed E-state index contributed by atoms with van der Waals surface area (Å²) in [6.45, 7) is 1.89. The Balaban J connectivity index is 1.88. The van der Waals surface area contributed by atoms with Crippen molar-refractivity contribution in [2.45, 2.75) is 50.3 Å². The fourth-order valence-corrected chi connectivity index (χ4v) is 4.13. The van der Waals surface area contributed by atoms with Gasteiger partial charge in [0.2, 0.25) is 10.0 Å². The van der Waals surface area contributed by atoms with Crippen LogP contribution in [-0.2, 0) is 15.6 Å². The number of hydrogen-bond acceptors (Lipinski definition) is 5. The summed E-state index contributed by atoms with van der Waals surface area (Å²) in [6, 6.07) is 3.87. The van der Waals surface area contributed by atoms with Crippen LogP contribution in [0.2, 0.25) is 0 Å². The summed E-state index contributed by atoms with van der Waals surface area (Å²) < 4.78 is 25.1. The summed E-state index contributed by atoms with van der Waals surface area (Å²) in [7, 11) is -0.0963. The third-order valence-electron chi connectivity index (χ3n) is 4.55. The number of aromatic nitrogens is 1. The molecule has 1 aliphatic carbocycles. The predicted molar refractivity (Wildman–Crippen MR) is 90.5 cm³/mol. The van der Waals surface area contributed by atoms with Gasteiger partial charge in [0, 0.05) is 44.1 Å². The molecule has 0 spiro atoms. The number of nitrogens with zero attached hydrogens (tertiary/aromatic N) is 2. The maximum Gasteiger partial charge on any atom is 0.215 e. The van der Waals surface area contributed by atoms with Gasteiger partial charge in [0.25, 0.3) is 0 Å². The quantitative estimate of drug-likeness (QED) is 0.809. The standard InChI is InChI=1S/C16H27N3O3S/c1-13(12-23(21,22)19(2)3)18-15-6-8-16(20,9-7-15)14-5-4-10-17-11-14/h4-5,10-11,13,15,18,20H,6-9,12H2,1-3H3. The monoisotopic (exact) mass is 341 g/mol. The van der Waals surface area contributed by atoms with Crippen LogP contribution in [-0.4, -0.2) is 54.7 Å². The van der Waals surface area contributed by atoms with Gasteiger partial charge in [0.1, 0.15) is 0 Å². The summed E-state index contributed by atoms with van der Waals surface area (Å²) >= 11 is 0. The van der Waals surface area contributed by atoms with Crippen molar-refractivity contribution >= 4 is 10.0 Å². The van der Waals surface area contributed by atoms with E-state index in [1.165, 1.54) is 4.31 Å². The van der Waals surface area contributed by atoms with Gasteiger partial charge < -0.3 is 10.4 Å². The van der Waals surface area contributed by atoms with Gasteiger partial charge in [-0.25, -0.2) is 12.7 Å². The highest BCUT2D eigenvalue weighted by molar-refractivity contribution is 7.89. The Morgan fingerprint density at radius 3 is 2.61 bits per heavy atom. The maximum atomic E-state index is 11.9. The van der Waals surface area contributed by atoms with E-state index < -0.39 is 15.6 Å². The Bertz CT molecular complexity index is 596. The molecule has 23 heavy (non-hydrogen) atoms. The van der Waals surface area contributed by atoms with Crippen LogP contribution in [0.25, 0.3) is 0 Å². The molecule has 1 heterocycles. The second kappa shape index (κ2) is 7.25. The molecule has 0 aliphatic heterocycles. The molecule has 1 aromatic rings. The molecule has 0 saturated heterocycles. The van der Waals surface area contributed by atoms with E-state index in [9.17, 15) is 13.5 Å². The van der Waals surface area contributed by atoms with Crippen molar-refractivity contribution < 1.29 is 13.5 Å². The summed E-state index contributed by atoms with van der Waals surface area (Å²) in [5, 5.41) is 14.2. The molecule has 2 N–H and O–H groups in total. The first-order valence-corrected chi connectivity index (χ1v) is 9.63. The molecule has 7 heteroatoms. The molecule has 0 aromatic carbocycles. The molecule has 1 aliphatic rings. The third-order valence-corrected chi connectivity index (χ3v) is 6.58. The zero-order chi connectivity index (χ0) is 17.1. The van der Waals surface area contributed by atoms with Crippen molar-refractivity contribution in [1.82, 2.24) is 14.6 Å². The Kier molecular flexibility index (Phi) is 5.78. The second-order valence-corrected chi connectivity index (χ2v) is 8.90. The van der Waals surface area contributed by atoms with E-state index in [1.807, 2.05) is 19.1 Å². The molecule has 1 saturated carbocycles. The molecule has 1 atom stereocenters. The lowest BCUT2D eigenvalue weighted by molar-refractivity contribution is -0.00928. The van der Waals surface area contributed by atoms with Crippen LogP contribution < -0.4 is 5.32 Å². The maximum absolute atomic E-state index is 11.9. The Hall–Kier alpha value is -1.02. The Morgan fingerprint density at radius 1 is 1.43 bits per heavy atom. The zero-order valence-electron chi connectivity index (χ0n) is 14.1. The predicted octanol–water partition coefficient (Wildman–Crippen LogP) is 1.08. The molecule has 1 unspecified atom stereocenters. The fraction of sp³-hybridized carbons (Fsp3) is 0.688. The highest BCUT2D eigenvalue weighted by Gasteiger charge is 2.35. The van der Waals surface area contributed by atoms with Crippen molar-refractivity contribution in [3.8, 4) is 0 Å².